The topological polar surface area (TPSA) is 114 Å². The lowest BCUT2D eigenvalue weighted by atomic mass is 9.93. The summed E-state index contributed by atoms with van der Waals surface area (Å²) in [4.78, 5) is 57.7. The Bertz CT molecular complexity index is 1320. The summed E-state index contributed by atoms with van der Waals surface area (Å²) in [7, 11) is 0. The molecule has 2 N–H and O–H groups in total. The first-order chi connectivity index (χ1) is 22.3. The monoisotopic (exact) mass is 665 g/mol. The predicted molar refractivity (Wildman–Crippen MR) is 190 cm³/mol. The average molecular weight is 666 g/mol. The van der Waals surface area contributed by atoms with E-state index in [2.05, 4.69) is 24.5 Å². The molecule has 48 heavy (non-hydrogen) atoms. The van der Waals surface area contributed by atoms with Gasteiger partial charge >= 0.3 is 12.1 Å². The molecule has 0 bridgehead atoms. The maximum absolute atomic E-state index is 14.8. The van der Waals surface area contributed by atoms with Crippen LogP contribution in [0, 0.1) is 11.8 Å². The number of nitrogens with one attached hydrogen (secondary N) is 2. The molecule has 0 heterocycles. The van der Waals surface area contributed by atoms with E-state index in [9.17, 15) is 19.2 Å². The number of hydrogen-bond donors (Lipinski definition) is 2. The molecule has 0 aliphatic heterocycles. The van der Waals surface area contributed by atoms with Crippen LogP contribution in [0.2, 0.25) is 0 Å². The maximum atomic E-state index is 14.8. The number of benzene rings is 2. The van der Waals surface area contributed by atoms with Crippen LogP contribution < -0.4 is 10.6 Å². The number of hydrogen-bond acceptors (Lipinski definition) is 6. The summed E-state index contributed by atoms with van der Waals surface area (Å²) < 4.78 is 11.3. The van der Waals surface area contributed by atoms with Crippen LogP contribution in [-0.2, 0) is 30.3 Å². The summed E-state index contributed by atoms with van der Waals surface area (Å²) in [5.74, 6) is -1.38. The van der Waals surface area contributed by atoms with E-state index < -0.39 is 59.2 Å². The lowest BCUT2D eigenvalue weighted by Crippen LogP contribution is -2.58. The zero-order valence-corrected chi connectivity index (χ0v) is 31.0. The lowest BCUT2D eigenvalue weighted by molar-refractivity contribution is -0.159. The van der Waals surface area contributed by atoms with Gasteiger partial charge in [0.2, 0.25) is 11.8 Å². The highest BCUT2D eigenvalue weighted by atomic mass is 16.6. The van der Waals surface area contributed by atoms with Crippen LogP contribution in [0.5, 0.6) is 0 Å². The fraction of sp³-hybridized carbons (Fsp3) is 0.590. The van der Waals surface area contributed by atoms with Gasteiger partial charge in [0, 0.05) is 12.5 Å². The van der Waals surface area contributed by atoms with E-state index in [1.807, 2.05) is 69.3 Å². The van der Waals surface area contributed by atoms with E-state index in [0.717, 1.165) is 12.0 Å². The van der Waals surface area contributed by atoms with Gasteiger partial charge in [-0.1, -0.05) is 94.8 Å². The van der Waals surface area contributed by atoms with Gasteiger partial charge in [-0.15, -0.1) is 0 Å². The molecule has 0 radical (unpaired) electrons. The lowest BCUT2D eigenvalue weighted by Gasteiger charge is -2.40. The number of rotatable bonds is 15. The first kappa shape index (κ1) is 40.3. The Morgan fingerprint density at radius 2 is 1.29 bits per heavy atom. The Balaban J connectivity index is 2.68. The molecule has 0 fully saturated rings. The summed E-state index contributed by atoms with van der Waals surface area (Å²) in [6.07, 6.45) is 1.54. The molecule has 2 aromatic carbocycles. The van der Waals surface area contributed by atoms with Crippen LogP contribution in [-0.4, -0.2) is 58.1 Å². The van der Waals surface area contributed by atoms with E-state index in [4.69, 9.17) is 9.47 Å². The van der Waals surface area contributed by atoms with Crippen molar-refractivity contribution in [2.24, 2.45) is 11.8 Å². The van der Waals surface area contributed by atoms with Gasteiger partial charge in [0.25, 0.3) is 0 Å². The van der Waals surface area contributed by atoms with E-state index in [1.165, 1.54) is 0 Å². The molecule has 0 saturated heterocycles. The SMILES string of the molecule is CCC(C)C(NC(=O)OC(C)(C)C)C(=O)N(C(C)CCC(C)C)C(C(=O)NC(Cc1ccccc1)C(=O)OC(C)(C)C)c1ccccc1. The van der Waals surface area contributed by atoms with Crippen LogP contribution in [0.15, 0.2) is 60.7 Å². The number of nitrogens with zero attached hydrogens (tertiary/aromatic N) is 1. The van der Waals surface area contributed by atoms with E-state index in [1.54, 1.807) is 58.6 Å². The first-order valence-corrected chi connectivity index (χ1v) is 17.3. The fourth-order valence-electron chi connectivity index (χ4n) is 5.33. The summed E-state index contributed by atoms with van der Waals surface area (Å²) in [6, 6.07) is 15.0. The molecule has 5 unspecified atom stereocenters. The second kappa shape index (κ2) is 18.0. The summed E-state index contributed by atoms with van der Waals surface area (Å²) >= 11 is 0. The molecule has 0 spiro atoms. The molecule has 9 nitrogen and oxygen atoms in total. The molecule has 9 heteroatoms. The highest BCUT2D eigenvalue weighted by molar-refractivity contribution is 5.94. The van der Waals surface area contributed by atoms with Crippen LogP contribution >= 0.6 is 0 Å². The van der Waals surface area contributed by atoms with Crippen molar-refractivity contribution in [2.45, 2.75) is 137 Å². The molecular formula is C39H59N3O6. The molecule has 5 atom stereocenters. The van der Waals surface area contributed by atoms with E-state index in [-0.39, 0.29) is 12.3 Å². The number of ether oxygens (including phenoxy) is 2. The molecule has 2 rings (SSSR count). The minimum atomic E-state index is -1.10. The van der Waals surface area contributed by atoms with Gasteiger partial charge in [0.05, 0.1) is 0 Å². The number of alkyl carbamates (subject to hydrolysis) is 1. The molecule has 3 amide bonds. The molecule has 2 aromatic rings. The van der Waals surface area contributed by atoms with Crippen LogP contribution in [0.3, 0.4) is 0 Å². The molecular weight excluding hydrogens is 606 g/mol. The third kappa shape index (κ3) is 13.3. The second-order valence-corrected chi connectivity index (χ2v) is 15.2. The quantitative estimate of drug-likeness (QED) is 0.192. The minimum Gasteiger partial charge on any atom is -0.458 e. The summed E-state index contributed by atoms with van der Waals surface area (Å²) in [5, 5.41) is 5.80. The van der Waals surface area contributed by atoms with Gasteiger partial charge in [-0.05, 0) is 84.3 Å². The largest absolute Gasteiger partial charge is 0.458 e. The molecule has 0 saturated carbocycles. The smallest absolute Gasteiger partial charge is 0.408 e. The molecule has 0 aliphatic carbocycles. The van der Waals surface area contributed by atoms with Crippen molar-refractivity contribution in [1.29, 1.82) is 0 Å². The van der Waals surface area contributed by atoms with Crippen molar-refractivity contribution in [3.63, 3.8) is 0 Å². The Kier molecular flexibility index (Phi) is 15.1. The van der Waals surface area contributed by atoms with Gasteiger partial charge in [-0.3, -0.25) is 9.59 Å². The predicted octanol–water partition coefficient (Wildman–Crippen LogP) is 7.39. The maximum Gasteiger partial charge on any atom is 0.408 e. The highest BCUT2D eigenvalue weighted by Crippen LogP contribution is 2.29. The van der Waals surface area contributed by atoms with E-state index >= 15 is 0 Å². The van der Waals surface area contributed by atoms with Crippen LogP contribution in [0.25, 0.3) is 0 Å². The molecule has 266 valence electrons. The third-order valence-corrected chi connectivity index (χ3v) is 7.97. The van der Waals surface area contributed by atoms with E-state index in [0.29, 0.717) is 24.3 Å². The van der Waals surface area contributed by atoms with Gasteiger partial charge in [-0.25, -0.2) is 9.59 Å². The number of esters is 1. The van der Waals surface area contributed by atoms with Crippen molar-refractivity contribution in [1.82, 2.24) is 15.5 Å². The van der Waals surface area contributed by atoms with Crippen molar-refractivity contribution in [3.8, 4) is 0 Å². The van der Waals surface area contributed by atoms with Gasteiger partial charge in [-0.2, -0.15) is 0 Å². The van der Waals surface area contributed by atoms with Crippen molar-refractivity contribution in [2.75, 3.05) is 0 Å². The second-order valence-electron chi connectivity index (χ2n) is 15.2. The molecule has 0 aromatic heterocycles. The third-order valence-electron chi connectivity index (χ3n) is 7.97. The standard InChI is InChI=1S/C39H59N3O6/c1-12-27(4)32(41-37(46)48-39(9,10)11)35(44)42(28(5)24-23-26(2)3)33(30-21-17-14-18-22-30)34(43)40-31(36(45)47-38(6,7)8)25-29-19-15-13-16-20-29/h13-22,26-28,31-33H,12,23-25H2,1-11H3,(H,40,43)(H,41,46). The fourth-order valence-corrected chi connectivity index (χ4v) is 5.33. The zero-order chi connectivity index (χ0) is 36.2. The van der Waals surface area contributed by atoms with Crippen molar-refractivity contribution < 1.29 is 28.7 Å². The van der Waals surface area contributed by atoms with Crippen LogP contribution in [0.4, 0.5) is 4.79 Å². The Labute approximate surface area is 288 Å². The molecule has 0 aliphatic rings. The van der Waals surface area contributed by atoms with Crippen molar-refractivity contribution in [3.05, 3.63) is 71.8 Å². The van der Waals surface area contributed by atoms with Gasteiger partial charge in [0.1, 0.15) is 29.3 Å². The minimum absolute atomic E-state index is 0.204. The van der Waals surface area contributed by atoms with Crippen LogP contribution in [0.1, 0.15) is 113 Å². The highest BCUT2D eigenvalue weighted by Gasteiger charge is 2.41. The van der Waals surface area contributed by atoms with Gasteiger partial charge in [0.15, 0.2) is 0 Å². The Morgan fingerprint density at radius 1 is 0.750 bits per heavy atom. The normalized spacial score (nSPS) is 15.0. The van der Waals surface area contributed by atoms with Gasteiger partial charge < -0.3 is 25.0 Å². The first-order valence-electron chi connectivity index (χ1n) is 17.3. The number of carbonyl (C=O) groups excluding carboxylic acids is 4. The summed E-state index contributed by atoms with van der Waals surface area (Å²) in [5.41, 5.74) is -0.108. The number of amides is 3. The number of carbonyl (C=O) groups is 4. The Morgan fingerprint density at radius 3 is 1.79 bits per heavy atom. The Hall–Kier alpha value is -3.88. The summed E-state index contributed by atoms with van der Waals surface area (Å²) in [6.45, 7) is 20.6. The van der Waals surface area contributed by atoms with Crippen molar-refractivity contribution >= 4 is 23.9 Å². The average Bonchev–Trinajstić information content (AvgIpc) is 2.99. The zero-order valence-electron chi connectivity index (χ0n) is 31.0.